The molecule has 0 amide bonds. The molecule has 24 heavy (non-hydrogen) atoms. The number of hydrogen-bond donors (Lipinski definition) is 1. The molecule has 3 heteroatoms. The van der Waals surface area contributed by atoms with Gasteiger partial charge in [-0.15, -0.1) is 0 Å². The normalized spacial score (nSPS) is 9.54. The molecular formula is C21H18O3. The Balaban J connectivity index is 0.000000219. The van der Waals surface area contributed by atoms with Crippen molar-refractivity contribution < 1.29 is 14.7 Å². The zero-order valence-corrected chi connectivity index (χ0v) is 13.1. The summed E-state index contributed by atoms with van der Waals surface area (Å²) in [5.41, 5.74) is 1.82. The van der Waals surface area contributed by atoms with Crippen LogP contribution in [0.15, 0.2) is 91.0 Å². The van der Waals surface area contributed by atoms with Gasteiger partial charge in [-0.05, 0) is 5.56 Å². The summed E-state index contributed by atoms with van der Waals surface area (Å²) in [6.07, 6.45) is 0. The number of ketones is 2. The van der Waals surface area contributed by atoms with Gasteiger partial charge in [0, 0.05) is 11.1 Å². The first kappa shape index (κ1) is 17.3. The van der Waals surface area contributed by atoms with Gasteiger partial charge in [-0.3, -0.25) is 9.59 Å². The summed E-state index contributed by atoms with van der Waals surface area (Å²) in [7, 11) is 0. The van der Waals surface area contributed by atoms with Gasteiger partial charge in [0.1, 0.15) is 0 Å². The minimum absolute atomic E-state index is 0.140. The maximum atomic E-state index is 11.8. The Kier molecular flexibility index (Phi) is 6.62. The monoisotopic (exact) mass is 318 g/mol. The number of hydrogen-bond acceptors (Lipinski definition) is 3. The predicted octanol–water partition coefficient (Wildman–Crippen LogP) is 3.93. The summed E-state index contributed by atoms with van der Waals surface area (Å²) >= 11 is 0. The molecule has 3 aromatic carbocycles. The second-order valence-electron chi connectivity index (χ2n) is 5.03. The molecular weight excluding hydrogens is 300 g/mol. The first-order valence-corrected chi connectivity index (χ1v) is 7.56. The first-order chi connectivity index (χ1) is 11.7. The summed E-state index contributed by atoms with van der Waals surface area (Å²) in [6, 6.07) is 26.7. The average molecular weight is 318 g/mol. The molecule has 0 heterocycles. The first-order valence-electron chi connectivity index (χ1n) is 7.56. The van der Waals surface area contributed by atoms with E-state index in [0.29, 0.717) is 11.1 Å². The summed E-state index contributed by atoms with van der Waals surface area (Å²) in [4.78, 5) is 23.6. The van der Waals surface area contributed by atoms with Gasteiger partial charge >= 0.3 is 0 Å². The number of rotatable bonds is 4. The van der Waals surface area contributed by atoms with E-state index < -0.39 is 11.6 Å². The number of carbonyl (C=O) groups excluding carboxylic acids is 2. The third-order valence-corrected chi connectivity index (χ3v) is 3.30. The fraction of sp³-hybridized carbons (Fsp3) is 0.0476. The highest BCUT2D eigenvalue weighted by Gasteiger charge is 2.16. The second kappa shape index (κ2) is 9.18. The van der Waals surface area contributed by atoms with Gasteiger partial charge < -0.3 is 5.11 Å². The smallest absolute Gasteiger partial charge is 0.233 e. The van der Waals surface area contributed by atoms with E-state index in [1.165, 1.54) is 0 Å². The highest BCUT2D eigenvalue weighted by atomic mass is 16.3. The minimum atomic E-state index is -0.466. The zero-order chi connectivity index (χ0) is 17.2. The van der Waals surface area contributed by atoms with Crippen LogP contribution >= 0.6 is 0 Å². The topological polar surface area (TPSA) is 54.4 Å². The summed E-state index contributed by atoms with van der Waals surface area (Å²) in [5, 5.41) is 8.54. The van der Waals surface area contributed by atoms with Crippen molar-refractivity contribution in [3.05, 3.63) is 108 Å². The van der Waals surface area contributed by atoms with Gasteiger partial charge in [-0.25, -0.2) is 0 Å². The molecule has 0 aromatic heterocycles. The Hall–Kier alpha value is -3.04. The van der Waals surface area contributed by atoms with Crippen molar-refractivity contribution in [1.82, 2.24) is 0 Å². The molecule has 120 valence electrons. The fourth-order valence-corrected chi connectivity index (χ4v) is 2.02. The molecule has 0 unspecified atom stereocenters. The van der Waals surface area contributed by atoms with E-state index in [-0.39, 0.29) is 6.61 Å². The Labute approximate surface area is 141 Å². The number of benzene rings is 3. The van der Waals surface area contributed by atoms with E-state index in [1.807, 2.05) is 42.5 Å². The van der Waals surface area contributed by atoms with Crippen molar-refractivity contribution in [3.63, 3.8) is 0 Å². The lowest BCUT2D eigenvalue weighted by Crippen LogP contribution is -2.14. The highest BCUT2D eigenvalue weighted by molar-refractivity contribution is 6.49. The van der Waals surface area contributed by atoms with Crippen molar-refractivity contribution in [3.8, 4) is 0 Å². The molecule has 0 bridgehead atoms. The summed E-state index contributed by atoms with van der Waals surface area (Å²) in [5.74, 6) is -0.932. The van der Waals surface area contributed by atoms with Crippen LogP contribution in [0.3, 0.4) is 0 Å². The number of Topliss-reactive ketones (excluding diaryl/α,β-unsaturated/α-hetero) is 2. The zero-order valence-electron chi connectivity index (χ0n) is 13.1. The van der Waals surface area contributed by atoms with Gasteiger partial charge in [0.15, 0.2) is 0 Å². The third kappa shape index (κ3) is 5.00. The van der Waals surface area contributed by atoms with Gasteiger partial charge in [0.2, 0.25) is 11.6 Å². The van der Waals surface area contributed by atoms with E-state index in [2.05, 4.69) is 0 Å². The summed E-state index contributed by atoms with van der Waals surface area (Å²) < 4.78 is 0. The number of carbonyl (C=O) groups is 2. The van der Waals surface area contributed by atoms with Crippen molar-refractivity contribution in [1.29, 1.82) is 0 Å². The van der Waals surface area contributed by atoms with Crippen LogP contribution in [0.2, 0.25) is 0 Å². The molecule has 0 aliphatic rings. The van der Waals surface area contributed by atoms with Crippen LogP contribution in [0.1, 0.15) is 26.3 Å². The molecule has 0 saturated carbocycles. The largest absolute Gasteiger partial charge is 0.392 e. The lowest BCUT2D eigenvalue weighted by atomic mass is 10.0. The van der Waals surface area contributed by atoms with Crippen LogP contribution in [0.4, 0.5) is 0 Å². The van der Waals surface area contributed by atoms with Crippen molar-refractivity contribution >= 4 is 11.6 Å². The maximum absolute atomic E-state index is 11.8. The summed E-state index contributed by atoms with van der Waals surface area (Å²) in [6.45, 7) is 0.140. The molecule has 0 atom stereocenters. The second-order valence-corrected chi connectivity index (χ2v) is 5.03. The van der Waals surface area contributed by atoms with Crippen LogP contribution in [0.25, 0.3) is 0 Å². The highest BCUT2D eigenvalue weighted by Crippen LogP contribution is 2.07. The molecule has 1 N–H and O–H groups in total. The lowest BCUT2D eigenvalue weighted by Gasteiger charge is -1.99. The number of aliphatic hydroxyl groups is 1. The molecule has 0 aliphatic heterocycles. The molecule has 0 fully saturated rings. The Morgan fingerprint density at radius 1 is 0.583 bits per heavy atom. The predicted molar refractivity (Wildman–Crippen MR) is 93.9 cm³/mol. The van der Waals surface area contributed by atoms with E-state index in [4.69, 9.17) is 5.11 Å². The number of aliphatic hydroxyl groups excluding tert-OH is 1. The standard InChI is InChI=1S/C14H10O2.C7H8O/c15-13(11-7-3-1-4-8-11)14(16)12-9-5-2-6-10-12;8-6-7-4-2-1-3-5-7/h1-10H;1-5,8H,6H2. The minimum Gasteiger partial charge on any atom is -0.392 e. The van der Waals surface area contributed by atoms with E-state index in [1.54, 1.807) is 48.5 Å². The maximum Gasteiger partial charge on any atom is 0.233 e. The Morgan fingerprint density at radius 2 is 0.917 bits per heavy atom. The van der Waals surface area contributed by atoms with Crippen molar-refractivity contribution in [2.75, 3.05) is 0 Å². The third-order valence-electron chi connectivity index (χ3n) is 3.30. The van der Waals surface area contributed by atoms with E-state index in [9.17, 15) is 9.59 Å². The average Bonchev–Trinajstić information content (AvgIpc) is 2.69. The van der Waals surface area contributed by atoms with Gasteiger partial charge in [0.05, 0.1) is 6.61 Å². The molecule has 0 radical (unpaired) electrons. The quantitative estimate of drug-likeness (QED) is 0.586. The van der Waals surface area contributed by atoms with Gasteiger partial charge in [-0.2, -0.15) is 0 Å². The van der Waals surface area contributed by atoms with Gasteiger partial charge in [0.25, 0.3) is 0 Å². The van der Waals surface area contributed by atoms with E-state index >= 15 is 0 Å². The van der Waals surface area contributed by atoms with Crippen LogP contribution < -0.4 is 0 Å². The van der Waals surface area contributed by atoms with Gasteiger partial charge in [-0.1, -0.05) is 91.0 Å². The Bertz CT molecular complexity index is 716. The van der Waals surface area contributed by atoms with Crippen LogP contribution in [0.5, 0.6) is 0 Å². The van der Waals surface area contributed by atoms with Crippen molar-refractivity contribution in [2.24, 2.45) is 0 Å². The molecule has 3 nitrogen and oxygen atoms in total. The van der Waals surface area contributed by atoms with E-state index in [0.717, 1.165) is 5.56 Å². The Morgan fingerprint density at radius 3 is 1.21 bits per heavy atom. The van der Waals surface area contributed by atoms with Crippen LogP contribution in [-0.4, -0.2) is 16.7 Å². The molecule has 0 aliphatic carbocycles. The molecule has 3 rings (SSSR count). The SMILES string of the molecule is O=C(C(=O)c1ccccc1)c1ccccc1.OCc1ccccc1. The lowest BCUT2D eigenvalue weighted by molar-refractivity contribution is 0.0817. The van der Waals surface area contributed by atoms with Crippen LogP contribution in [-0.2, 0) is 6.61 Å². The molecule has 0 spiro atoms. The molecule has 0 saturated heterocycles. The van der Waals surface area contributed by atoms with Crippen molar-refractivity contribution in [2.45, 2.75) is 6.61 Å². The van der Waals surface area contributed by atoms with Crippen LogP contribution in [0, 0.1) is 0 Å². The molecule has 3 aromatic rings. The fourth-order valence-electron chi connectivity index (χ4n) is 2.02.